The molecule has 0 aliphatic carbocycles. The van der Waals surface area contributed by atoms with Crippen molar-refractivity contribution in [2.24, 2.45) is 0 Å². The number of benzene rings is 2. The van der Waals surface area contributed by atoms with Gasteiger partial charge in [0.1, 0.15) is 5.58 Å². The highest BCUT2D eigenvalue weighted by molar-refractivity contribution is 5.99. The van der Waals surface area contributed by atoms with Crippen LogP contribution < -0.4 is 14.9 Å². The zero-order chi connectivity index (χ0) is 24.1. The van der Waals surface area contributed by atoms with Gasteiger partial charge in [0.15, 0.2) is 16.9 Å². The number of methoxy groups -OCH3 is 1. The summed E-state index contributed by atoms with van der Waals surface area (Å²) < 4.78 is 17.4. The number of fused-ring (bicyclic) bond motifs is 2. The van der Waals surface area contributed by atoms with Crippen molar-refractivity contribution in [3.63, 3.8) is 0 Å². The summed E-state index contributed by atoms with van der Waals surface area (Å²) in [6.45, 7) is 2.99. The number of carbonyl (C=O) groups excluding carboxylic acids is 1. The average Bonchev–Trinajstić information content (AvgIpc) is 3.14. The van der Waals surface area contributed by atoms with Crippen molar-refractivity contribution in [3.8, 4) is 11.5 Å². The molecule has 0 spiro atoms. The van der Waals surface area contributed by atoms with Crippen LogP contribution in [-0.2, 0) is 0 Å². The van der Waals surface area contributed by atoms with E-state index in [2.05, 4.69) is 6.92 Å². The van der Waals surface area contributed by atoms with Crippen LogP contribution in [0.2, 0.25) is 0 Å². The van der Waals surface area contributed by atoms with Crippen LogP contribution in [0.4, 0.5) is 0 Å². The molecule has 1 aromatic heterocycles. The highest BCUT2D eigenvalue weighted by Gasteiger charge is 2.42. The second-order valence-electron chi connectivity index (χ2n) is 8.47. The van der Waals surface area contributed by atoms with Crippen molar-refractivity contribution >= 4 is 16.9 Å². The van der Waals surface area contributed by atoms with Crippen LogP contribution in [0.15, 0.2) is 51.7 Å². The van der Waals surface area contributed by atoms with Gasteiger partial charge < -0.3 is 23.9 Å². The lowest BCUT2D eigenvalue weighted by atomic mass is 9.98. The summed E-state index contributed by atoms with van der Waals surface area (Å²) in [4.78, 5) is 28.3. The Kier molecular flexibility index (Phi) is 7.53. The quantitative estimate of drug-likeness (QED) is 0.413. The van der Waals surface area contributed by atoms with Crippen LogP contribution in [0.3, 0.4) is 0 Å². The molecule has 1 aliphatic rings. The number of rotatable bonds is 11. The van der Waals surface area contributed by atoms with Crippen LogP contribution in [0.25, 0.3) is 11.0 Å². The molecular formula is C27H31NO6. The maximum Gasteiger partial charge on any atom is 0.290 e. The number of aliphatic hydroxyl groups excluding tert-OH is 1. The van der Waals surface area contributed by atoms with Crippen molar-refractivity contribution in [2.75, 3.05) is 26.9 Å². The van der Waals surface area contributed by atoms with Crippen LogP contribution in [0, 0.1) is 0 Å². The highest BCUT2D eigenvalue weighted by Crippen LogP contribution is 2.41. The molecule has 2 aromatic carbocycles. The number of nitrogens with zero attached hydrogens (tertiary/aromatic N) is 1. The molecule has 34 heavy (non-hydrogen) atoms. The number of hydrogen-bond donors (Lipinski definition) is 1. The average molecular weight is 466 g/mol. The first-order valence-corrected chi connectivity index (χ1v) is 11.9. The zero-order valence-corrected chi connectivity index (χ0v) is 19.7. The third-order valence-electron chi connectivity index (χ3n) is 6.19. The van der Waals surface area contributed by atoms with Gasteiger partial charge in [0.05, 0.1) is 30.7 Å². The van der Waals surface area contributed by atoms with E-state index >= 15 is 0 Å². The van der Waals surface area contributed by atoms with Crippen LogP contribution in [-0.4, -0.2) is 42.8 Å². The third-order valence-corrected chi connectivity index (χ3v) is 6.19. The molecule has 0 bridgehead atoms. The summed E-state index contributed by atoms with van der Waals surface area (Å²) in [6, 6.07) is 11.8. The molecule has 7 heteroatoms. The molecule has 1 atom stereocenters. The van der Waals surface area contributed by atoms with E-state index < -0.39 is 6.04 Å². The number of ether oxygens (including phenoxy) is 2. The van der Waals surface area contributed by atoms with Gasteiger partial charge in [0.2, 0.25) is 5.76 Å². The van der Waals surface area contributed by atoms with E-state index in [0.717, 1.165) is 24.8 Å². The SMILES string of the molecule is CCCCCCOc1ccc(C2c3c(oc4ccccc4c3=O)C(=O)N2CCCO)cc1OC. The molecule has 2 heterocycles. The fraction of sp³-hybridized carbons (Fsp3) is 0.407. The second-order valence-corrected chi connectivity index (χ2v) is 8.47. The maximum absolute atomic E-state index is 13.5. The molecule has 7 nitrogen and oxygen atoms in total. The van der Waals surface area contributed by atoms with Crippen LogP contribution in [0.5, 0.6) is 11.5 Å². The minimum atomic E-state index is -0.637. The lowest BCUT2D eigenvalue weighted by molar-refractivity contribution is 0.0716. The van der Waals surface area contributed by atoms with Gasteiger partial charge in [-0.25, -0.2) is 0 Å². The minimum Gasteiger partial charge on any atom is -0.493 e. The summed E-state index contributed by atoms with van der Waals surface area (Å²) in [7, 11) is 1.57. The van der Waals surface area contributed by atoms with Crippen LogP contribution >= 0.6 is 0 Å². The Morgan fingerprint density at radius 2 is 1.85 bits per heavy atom. The maximum atomic E-state index is 13.5. The molecule has 4 rings (SSSR count). The van der Waals surface area contributed by atoms with E-state index in [4.69, 9.17) is 13.9 Å². The lowest BCUT2D eigenvalue weighted by Gasteiger charge is -2.25. The molecule has 1 amide bonds. The van der Waals surface area contributed by atoms with Crippen molar-refractivity contribution in [3.05, 3.63) is 69.6 Å². The predicted molar refractivity (Wildman–Crippen MR) is 130 cm³/mol. The molecule has 0 saturated heterocycles. The van der Waals surface area contributed by atoms with Crippen molar-refractivity contribution in [1.82, 2.24) is 4.90 Å². The molecular weight excluding hydrogens is 434 g/mol. The lowest BCUT2D eigenvalue weighted by Crippen LogP contribution is -2.31. The van der Waals surface area contributed by atoms with E-state index in [0.29, 0.717) is 41.1 Å². The molecule has 1 unspecified atom stereocenters. The van der Waals surface area contributed by atoms with Crippen molar-refractivity contribution in [1.29, 1.82) is 0 Å². The number of amides is 1. The van der Waals surface area contributed by atoms with Gasteiger partial charge in [0, 0.05) is 13.2 Å². The monoisotopic (exact) mass is 465 g/mol. The molecule has 0 radical (unpaired) electrons. The Bertz CT molecular complexity index is 1220. The number of aliphatic hydroxyl groups is 1. The summed E-state index contributed by atoms with van der Waals surface area (Å²) in [6.07, 6.45) is 4.80. The molecule has 0 fully saturated rings. The number of hydrogen-bond acceptors (Lipinski definition) is 6. The first-order chi connectivity index (χ1) is 16.6. The normalized spacial score (nSPS) is 15.1. The standard InChI is InChI=1S/C27H31NO6/c1-3-4-5-8-16-33-21-13-12-18(17-22(21)32-2)24-23-25(30)19-10-6-7-11-20(19)34-26(23)27(31)28(24)14-9-15-29/h6-7,10-13,17,24,29H,3-5,8-9,14-16H2,1-2H3. The smallest absolute Gasteiger partial charge is 0.290 e. The summed E-state index contributed by atoms with van der Waals surface area (Å²) in [5, 5.41) is 9.82. The van der Waals surface area contributed by atoms with E-state index in [1.165, 1.54) is 6.42 Å². The summed E-state index contributed by atoms with van der Waals surface area (Å²) >= 11 is 0. The fourth-order valence-electron chi connectivity index (χ4n) is 4.47. The molecule has 3 aromatic rings. The third kappa shape index (κ3) is 4.53. The van der Waals surface area contributed by atoms with Gasteiger partial charge in [-0.2, -0.15) is 0 Å². The Hall–Kier alpha value is -3.32. The Labute approximate surface area is 198 Å². The molecule has 180 valence electrons. The second kappa shape index (κ2) is 10.7. The zero-order valence-electron chi connectivity index (χ0n) is 19.7. The number of para-hydroxylation sites is 1. The minimum absolute atomic E-state index is 0.0573. The van der Waals surface area contributed by atoms with Gasteiger partial charge in [-0.1, -0.05) is 44.4 Å². The Morgan fingerprint density at radius 3 is 2.62 bits per heavy atom. The van der Waals surface area contributed by atoms with Gasteiger partial charge in [-0.15, -0.1) is 0 Å². The predicted octanol–water partition coefficient (Wildman–Crippen LogP) is 4.69. The van der Waals surface area contributed by atoms with Gasteiger partial charge in [0.25, 0.3) is 5.91 Å². The fourth-order valence-corrected chi connectivity index (χ4v) is 4.47. The van der Waals surface area contributed by atoms with Crippen molar-refractivity contribution < 1.29 is 23.8 Å². The van der Waals surface area contributed by atoms with E-state index in [1.54, 1.807) is 36.3 Å². The van der Waals surface area contributed by atoms with Gasteiger partial charge in [-0.3, -0.25) is 9.59 Å². The molecule has 1 aliphatic heterocycles. The highest BCUT2D eigenvalue weighted by atomic mass is 16.5. The largest absolute Gasteiger partial charge is 0.493 e. The van der Waals surface area contributed by atoms with E-state index in [-0.39, 0.29) is 30.2 Å². The topological polar surface area (TPSA) is 89.2 Å². The van der Waals surface area contributed by atoms with E-state index in [9.17, 15) is 14.7 Å². The Morgan fingerprint density at radius 1 is 1.03 bits per heavy atom. The summed E-state index contributed by atoms with van der Waals surface area (Å²) in [5.74, 6) is 0.870. The summed E-state index contributed by atoms with van der Waals surface area (Å²) in [5.41, 5.74) is 1.20. The first-order valence-electron chi connectivity index (χ1n) is 11.9. The van der Waals surface area contributed by atoms with Gasteiger partial charge in [-0.05, 0) is 42.7 Å². The van der Waals surface area contributed by atoms with E-state index in [1.807, 2.05) is 18.2 Å². The number of carbonyl (C=O) groups is 1. The molecule has 0 saturated carbocycles. The van der Waals surface area contributed by atoms with Crippen molar-refractivity contribution in [2.45, 2.75) is 45.1 Å². The van der Waals surface area contributed by atoms with Gasteiger partial charge >= 0.3 is 0 Å². The number of unbranched alkanes of at least 4 members (excludes halogenated alkanes) is 3. The first kappa shape index (κ1) is 23.8. The molecule has 1 N–H and O–H groups in total. The Balaban J connectivity index is 1.74. The van der Waals surface area contributed by atoms with Crippen LogP contribution in [0.1, 0.15) is 66.8 Å².